The zero-order chi connectivity index (χ0) is 17.4. The van der Waals surface area contributed by atoms with Gasteiger partial charge in [-0.05, 0) is 24.1 Å². The molecule has 2 aliphatic rings. The number of methoxy groups -OCH3 is 1. The molecule has 0 aromatic heterocycles. The predicted molar refractivity (Wildman–Crippen MR) is 89.4 cm³/mol. The van der Waals surface area contributed by atoms with E-state index in [1.54, 1.807) is 18.2 Å². The van der Waals surface area contributed by atoms with Crippen LogP contribution >= 0.6 is 23.2 Å². The van der Waals surface area contributed by atoms with E-state index in [-0.39, 0.29) is 17.2 Å². The molecule has 1 heterocycles. The van der Waals surface area contributed by atoms with Crippen LogP contribution in [0.1, 0.15) is 30.7 Å². The Balaban J connectivity index is 2.23. The third-order valence-corrected chi connectivity index (χ3v) is 4.73. The standard InChI is InChI=1S/C17H15Cl2NO4/c1-23-17(22)15-13(9-6-5-8(18)7-10(9)19)14-11(21)3-2-4-12(14)24-16(15)20/h5-7,13H,2-4,20H2,1H3. The number of rotatable bonds is 2. The summed E-state index contributed by atoms with van der Waals surface area (Å²) in [6, 6.07) is 4.90. The summed E-state index contributed by atoms with van der Waals surface area (Å²) in [5.41, 5.74) is 7.02. The monoisotopic (exact) mass is 367 g/mol. The molecule has 24 heavy (non-hydrogen) atoms. The lowest BCUT2D eigenvalue weighted by Gasteiger charge is -2.32. The maximum Gasteiger partial charge on any atom is 0.340 e. The molecule has 1 aliphatic carbocycles. The number of Topliss-reactive ketones (excluding diaryl/α,β-unsaturated/α-hetero) is 1. The number of ether oxygens (including phenoxy) is 2. The molecule has 2 N–H and O–H groups in total. The van der Waals surface area contributed by atoms with Crippen LogP contribution in [0.15, 0.2) is 41.0 Å². The van der Waals surface area contributed by atoms with Crippen LogP contribution in [0.5, 0.6) is 0 Å². The van der Waals surface area contributed by atoms with E-state index in [1.165, 1.54) is 7.11 Å². The minimum absolute atomic E-state index is 0.0636. The number of halogens is 2. The van der Waals surface area contributed by atoms with E-state index >= 15 is 0 Å². The molecule has 7 heteroatoms. The van der Waals surface area contributed by atoms with Crippen molar-refractivity contribution in [1.29, 1.82) is 0 Å². The molecule has 1 aromatic carbocycles. The number of hydrogen-bond donors (Lipinski definition) is 1. The first-order valence-electron chi connectivity index (χ1n) is 7.41. The van der Waals surface area contributed by atoms with E-state index in [1.807, 2.05) is 0 Å². The fraction of sp³-hybridized carbons (Fsp3) is 0.294. The van der Waals surface area contributed by atoms with Gasteiger partial charge < -0.3 is 15.2 Å². The summed E-state index contributed by atoms with van der Waals surface area (Å²) in [6.07, 6.45) is 1.65. The van der Waals surface area contributed by atoms with Crippen LogP contribution < -0.4 is 5.73 Å². The van der Waals surface area contributed by atoms with E-state index in [0.717, 1.165) is 0 Å². The molecule has 5 nitrogen and oxygen atoms in total. The molecule has 0 saturated heterocycles. The number of esters is 1. The van der Waals surface area contributed by atoms with Crippen LogP contribution in [0.4, 0.5) is 0 Å². The van der Waals surface area contributed by atoms with Crippen molar-refractivity contribution in [2.45, 2.75) is 25.2 Å². The van der Waals surface area contributed by atoms with E-state index in [0.29, 0.717) is 46.2 Å². The van der Waals surface area contributed by atoms with Gasteiger partial charge in [0.15, 0.2) is 5.78 Å². The number of carbonyl (C=O) groups excluding carboxylic acids is 2. The first-order valence-corrected chi connectivity index (χ1v) is 8.16. The molecular weight excluding hydrogens is 353 g/mol. The average molecular weight is 368 g/mol. The number of nitrogens with two attached hydrogens (primary N) is 1. The third-order valence-electron chi connectivity index (χ3n) is 4.16. The lowest BCUT2D eigenvalue weighted by Crippen LogP contribution is -2.31. The minimum atomic E-state index is -0.723. The highest BCUT2D eigenvalue weighted by Crippen LogP contribution is 2.46. The lowest BCUT2D eigenvalue weighted by molar-refractivity contribution is -0.136. The topological polar surface area (TPSA) is 78.6 Å². The van der Waals surface area contributed by atoms with Crippen molar-refractivity contribution < 1.29 is 19.1 Å². The van der Waals surface area contributed by atoms with Gasteiger partial charge in [0.1, 0.15) is 11.3 Å². The highest BCUT2D eigenvalue weighted by atomic mass is 35.5. The summed E-state index contributed by atoms with van der Waals surface area (Å²) in [5.74, 6) is -1.04. The summed E-state index contributed by atoms with van der Waals surface area (Å²) in [7, 11) is 1.25. The van der Waals surface area contributed by atoms with Gasteiger partial charge in [0.2, 0.25) is 5.88 Å². The van der Waals surface area contributed by atoms with Crippen LogP contribution in [-0.4, -0.2) is 18.9 Å². The van der Waals surface area contributed by atoms with Gasteiger partial charge >= 0.3 is 5.97 Å². The fourth-order valence-corrected chi connectivity index (χ4v) is 3.63. The zero-order valence-electron chi connectivity index (χ0n) is 12.9. The number of carbonyl (C=O) groups is 2. The Morgan fingerprint density at radius 2 is 2.08 bits per heavy atom. The maximum absolute atomic E-state index is 12.5. The number of benzene rings is 1. The van der Waals surface area contributed by atoms with Crippen molar-refractivity contribution in [3.05, 3.63) is 56.6 Å². The smallest absolute Gasteiger partial charge is 0.340 e. The molecule has 3 rings (SSSR count). The van der Waals surface area contributed by atoms with Crippen LogP contribution in [0.3, 0.4) is 0 Å². The summed E-state index contributed by atoms with van der Waals surface area (Å²) in [6.45, 7) is 0. The molecule has 0 fully saturated rings. The van der Waals surface area contributed by atoms with E-state index < -0.39 is 11.9 Å². The second kappa shape index (κ2) is 6.49. The lowest BCUT2D eigenvalue weighted by atomic mass is 9.77. The molecule has 0 amide bonds. The molecular formula is C17H15Cl2NO4. The van der Waals surface area contributed by atoms with Crippen molar-refractivity contribution in [2.75, 3.05) is 7.11 Å². The molecule has 0 saturated carbocycles. The maximum atomic E-state index is 12.5. The van der Waals surface area contributed by atoms with Crippen molar-refractivity contribution in [1.82, 2.24) is 0 Å². The summed E-state index contributed by atoms with van der Waals surface area (Å²) >= 11 is 12.3. The third kappa shape index (κ3) is 2.78. The molecule has 0 spiro atoms. The molecule has 1 aromatic rings. The molecule has 1 unspecified atom stereocenters. The van der Waals surface area contributed by atoms with Gasteiger partial charge in [-0.15, -0.1) is 0 Å². The van der Waals surface area contributed by atoms with Gasteiger partial charge in [-0.2, -0.15) is 0 Å². The van der Waals surface area contributed by atoms with Crippen molar-refractivity contribution in [2.24, 2.45) is 5.73 Å². The average Bonchev–Trinajstić information content (AvgIpc) is 2.53. The van der Waals surface area contributed by atoms with E-state index in [4.69, 9.17) is 38.4 Å². The summed E-state index contributed by atoms with van der Waals surface area (Å²) < 4.78 is 10.4. The fourth-order valence-electron chi connectivity index (χ4n) is 3.11. The quantitative estimate of drug-likeness (QED) is 0.809. The number of ketones is 1. The van der Waals surface area contributed by atoms with Crippen LogP contribution in [0.2, 0.25) is 10.0 Å². The van der Waals surface area contributed by atoms with E-state index in [9.17, 15) is 9.59 Å². The first kappa shape index (κ1) is 16.9. The summed E-state index contributed by atoms with van der Waals surface area (Å²) in [4.78, 5) is 24.8. The van der Waals surface area contributed by atoms with Gasteiger partial charge in [-0.1, -0.05) is 29.3 Å². The Kier molecular flexibility index (Phi) is 4.56. The van der Waals surface area contributed by atoms with Gasteiger partial charge in [0.25, 0.3) is 0 Å². The van der Waals surface area contributed by atoms with Gasteiger partial charge in [-0.3, -0.25) is 4.79 Å². The van der Waals surface area contributed by atoms with Crippen LogP contribution in [-0.2, 0) is 19.1 Å². The normalized spacial score (nSPS) is 20.6. The Labute approximate surface area is 149 Å². The second-order valence-electron chi connectivity index (χ2n) is 5.58. The van der Waals surface area contributed by atoms with Gasteiger partial charge in [-0.25, -0.2) is 4.79 Å². The molecule has 1 aliphatic heterocycles. The largest absolute Gasteiger partial charge is 0.465 e. The van der Waals surface area contributed by atoms with Crippen LogP contribution in [0, 0.1) is 0 Å². The molecule has 126 valence electrons. The highest BCUT2D eigenvalue weighted by molar-refractivity contribution is 6.35. The van der Waals surface area contributed by atoms with Crippen molar-refractivity contribution >= 4 is 35.0 Å². The van der Waals surface area contributed by atoms with E-state index in [2.05, 4.69) is 0 Å². The van der Waals surface area contributed by atoms with Crippen molar-refractivity contribution in [3.63, 3.8) is 0 Å². The summed E-state index contributed by atoms with van der Waals surface area (Å²) in [5, 5.41) is 0.797. The predicted octanol–water partition coefficient (Wildman–Crippen LogP) is 3.46. The first-order chi connectivity index (χ1) is 11.4. The van der Waals surface area contributed by atoms with Gasteiger partial charge in [0.05, 0.1) is 13.0 Å². The molecule has 1 atom stereocenters. The number of allylic oxidation sites excluding steroid dienone is 2. The molecule has 0 radical (unpaired) electrons. The Bertz CT molecular complexity index is 798. The van der Waals surface area contributed by atoms with Gasteiger partial charge in [0, 0.05) is 28.5 Å². The Morgan fingerprint density at radius 1 is 1.33 bits per heavy atom. The Hall–Kier alpha value is -1.98. The minimum Gasteiger partial charge on any atom is -0.465 e. The highest BCUT2D eigenvalue weighted by Gasteiger charge is 2.41. The molecule has 0 bridgehead atoms. The second-order valence-corrected chi connectivity index (χ2v) is 6.43. The zero-order valence-corrected chi connectivity index (χ0v) is 14.4. The van der Waals surface area contributed by atoms with Crippen LogP contribution in [0.25, 0.3) is 0 Å². The number of hydrogen-bond acceptors (Lipinski definition) is 5. The Morgan fingerprint density at radius 3 is 2.75 bits per heavy atom. The SMILES string of the molecule is COC(=O)C1=C(N)OC2=C(C(=O)CCC2)C1c1ccc(Cl)cc1Cl. The van der Waals surface area contributed by atoms with Crippen molar-refractivity contribution in [3.8, 4) is 0 Å².